The molecule has 5 atom stereocenters. The molecule has 7 rings (SSSR count). The molecule has 1 aliphatic rings. The van der Waals surface area contributed by atoms with E-state index in [1.807, 2.05) is 85.8 Å². The van der Waals surface area contributed by atoms with Gasteiger partial charge in [-0.15, -0.1) is 5.10 Å². The molecule has 0 bridgehead atoms. The van der Waals surface area contributed by atoms with E-state index in [1.54, 1.807) is 41.1 Å². The smallest absolute Gasteiger partial charge is 0.241 e. The number of benzene rings is 5. The minimum absolute atomic E-state index is 0.0639. The summed E-state index contributed by atoms with van der Waals surface area (Å²) >= 11 is 1.45. The summed E-state index contributed by atoms with van der Waals surface area (Å²) in [5, 5.41) is 35.1. The van der Waals surface area contributed by atoms with Crippen LogP contribution in [0, 0.1) is 12.8 Å². The van der Waals surface area contributed by atoms with Crippen LogP contribution < -0.4 is 10.0 Å². The number of sulfonamides is 1. The van der Waals surface area contributed by atoms with Gasteiger partial charge in [0.2, 0.25) is 21.1 Å². The Kier molecular flexibility index (Phi) is 13.0. The number of aromatic hydroxyl groups is 1. The number of aliphatic hydroxyl groups excluding tert-OH is 1. The second kappa shape index (κ2) is 18.4. The molecule has 300 valence electrons. The predicted octanol–water partition coefficient (Wildman–Crippen LogP) is 5.96. The third-order valence-electron chi connectivity index (χ3n) is 9.98. The van der Waals surface area contributed by atoms with Gasteiger partial charge in [-0.25, -0.2) is 8.42 Å². The van der Waals surface area contributed by atoms with Gasteiger partial charge in [0.25, 0.3) is 0 Å². The molecule has 2 heterocycles. The first kappa shape index (κ1) is 40.8. The Balaban J connectivity index is 1.05. The van der Waals surface area contributed by atoms with Gasteiger partial charge in [-0.2, -0.15) is 9.40 Å². The number of rotatable bonds is 15. The maximum Gasteiger partial charge on any atom is 0.241 e. The van der Waals surface area contributed by atoms with Gasteiger partial charge in [0, 0.05) is 23.8 Å². The third kappa shape index (κ3) is 9.99. The quantitative estimate of drug-likeness (QED) is 0.0900. The largest absolute Gasteiger partial charge is 0.508 e. The number of carbonyl (C=O) groups excluding carboxylic acids is 1. The van der Waals surface area contributed by atoms with Gasteiger partial charge in [-0.3, -0.25) is 4.79 Å². The van der Waals surface area contributed by atoms with Crippen LogP contribution in [-0.2, 0) is 43.9 Å². The number of thioether (sulfide) groups is 1. The van der Waals surface area contributed by atoms with E-state index >= 15 is 0 Å². The fraction of sp³-hybridized carbons (Fsp3) is 0.256. The molecule has 1 aliphatic heterocycles. The van der Waals surface area contributed by atoms with E-state index < -0.39 is 28.3 Å². The van der Waals surface area contributed by atoms with Crippen LogP contribution in [-0.4, -0.2) is 62.6 Å². The molecule has 1 saturated heterocycles. The van der Waals surface area contributed by atoms with Gasteiger partial charge in [-0.05, 0) is 82.4 Å². The van der Waals surface area contributed by atoms with Crippen LogP contribution in [0.4, 0.5) is 0 Å². The van der Waals surface area contributed by atoms with Crippen LogP contribution in [0.3, 0.4) is 0 Å². The zero-order valence-electron chi connectivity index (χ0n) is 31.9. The number of aliphatic hydroxyl groups is 1. The monoisotopic (exact) mass is 820 g/mol. The number of ether oxygens (including phenoxy) is 2. The standard InChI is InChI=1S/C43H44N6O7S2/c1-28-8-22-37(23-9-28)58(53,54)46-38(24-30-6-4-3-5-7-30)41(52)44-25-31-10-16-34(17-11-31)42-55-39(29(2)40(56-42)33-14-12-32(26-50)13-15-33)27-57-43-45-47-48-49(43)35-18-20-36(51)21-19-35/h3-23,29,38-40,42,46,50-51H,24-27H2,1-2H3,(H,44,52)/t29-,38-,39+,40+,42+/m1/s1. The van der Waals surface area contributed by atoms with E-state index in [1.165, 1.54) is 23.9 Å². The molecule has 0 unspecified atom stereocenters. The maximum atomic E-state index is 13.6. The Labute approximate surface area is 341 Å². The van der Waals surface area contributed by atoms with Crippen molar-refractivity contribution in [1.82, 2.24) is 30.2 Å². The summed E-state index contributed by atoms with van der Waals surface area (Å²) in [5.41, 5.74) is 5.76. The number of phenols is 1. The Hall–Kier alpha value is -5.42. The molecule has 5 aromatic carbocycles. The first-order chi connectivity index (χ1) is 28.1. The minimum Gasteiger partial charge on any atom is -0.508 e. The molecule has 0 radical (unpaired) electrons. The second-order valence-corrected chi connectivity index (χ2v) is 16.9. The van der Waals surface area contributed by atoms with Crippen molar-refractivity contribution in [2.45, 2.75) is 68.0 Å². The van der Waals surface area contributed by atoms with Gasteiger partial charge in [0.05, 0.1) is 29.4 Å². The van der Waals surface area contributed by atoms with Gasteiger partial charge < -0.3 is 25.0 Å². The zero-order valence-corrected chi connectivity index (χ0v) is 33.5. The Morgan fingerprint density at radius 2 is 1.52 bits per heavy atom. The van der Waals surface area contributed by atoms with Crippen LogP contribution in [0.2, 0.25) is 0 Å². The molecule has 4 N–H and O–H groups in total. The highest BCUT2D eigenvalue weighted by atomic mass is 32.2. The number of aryl methyl sites for hydroxylation is 1. The Bertz CT molecular complexity index is 2380. The molecule has 0 spiro atoms. The maximum absolute atomic E-state index is 13.6. The average molecular weight is 821 g/mol. The van der Waals surface area contributed by atoms with Gasteiger partial charge in [0.1, 0.15) is 11.8 Å². The summed E-state index contributed by atoms with van der Waals surface area (Å²) in [4.78, 5) is 13.7. The molecule has 6 aromatic rings. The molecule has 13 nitrogen and oxygen atoms in total. The lowest BCUT2D eigenvalue weighted by Gasteiger charge is -2.41. The van der Waals surface area contributed by atoms with E-state index in [2.05, 4.69) is 32.5 Å². The van der Waals surface area contributed by atoms with Gasteiger partial charge >= 0.3 is 0 Å². The number of nitrogens with zero attached hydrogens (tertiary/aromatic N) is 4. The molecule has 0 saturated carbocycles. The van der Waals surface area contributed by atoms with Crippen molar-refractivity contribution in [3.63, 3.8) is 0 Å². The molecule has 58 heavy (non-hydrogen) atoms. The first-order valence-electron chi connectivity index (χ1n) is 18.8. The zero-order chi connectivity index (χ0) is 40.6. The number of amides is 1. The summed E-state index contributed by atoms with van der Waals surface area (Å²) in [6, 6.07) is 36.6. The van der Waals surface area contributed by atoms with Crippen LogP contribution >= 0.6 is 11.8 Å². The van der Waals surface area contributed by atoms with Crippen molar-refractivity contribution < 1.29 is 32.9 Å². The summed E-state index contributed by atoms with van der Waals surface area (Å²) in [7, 11) is -3.98. The highest BCUT2D eigenvalue weighted by Crippen LogP contribution is 2.43. The van der Waals surface area contributed by atoms with Gasteiger partial charge in [0.15, 0.2) is 6.29 Å². The van der Waals surface area contributed by atoms with Crippen LogP contribution in [0.1, 0.15) is 52.7 Å². The van der Waals surface area contributed by atoms with Crippen molar-refractivity contribution in [1.29, 1.82) is 0 Å². The van der Waals surface area contributed by atoms with Crippen LogP contribution in [0.15, 0.2) is 137 Å². The van der Waals surface area contributed by atoms with Crippen LogP contribution in [0.5, 0.6) is 5.75 Å². The highest BCUT2D eigenvalue weighted by Gasteiger charge is 2.39. The summed E-state index contributed by atoms with van der Waals surface area (Å²) in [6.45, 7) is 4.05. The predicted molar refractivity (Wildman–Crippen MR) is 218 cm³/mol. The van der Waals surface area contributed by atoms with Crippen molar-refractivity contribution in [2.24, 2.45) is 5.92 Å². The van der Waals surface area contributed by atoms with E-state index in [-0.39, 0.29) is 48.3 Å². The summed E-state index contributed by atoms with van der Waals surface area (Å²) in [6.07, 6.45) is -1.19. The normalized spacial score (nSPS) is 18.7. The van der Waals surface area contributed by atoms with E-state index in [0.717, 1.165) is 33.4 Å². The van der Waals surface area contributed by atoms with Crippen molar-refractivity contribution >= 4 is 27.7 Å². The Morgan fingerprint density at radius 3 is 2.21 bits per heavy atom. The topological polar surface area (TPSA) is 178 Å². The van der Waals surface area contributed by atoms with Crippen molar-refractivity contribution in [3.05, 3.63) is 161 Å². The second-order valence-electron chi connectivity index (χ2n) is 14.2. The first-order valence-corrected chi connectivity index (χ1v) is 21.2. The fourth-order valence-electron chi connectivity index (χ4n) is 6.61. The lowest BCUT2D eigenvalue weighted by molar-refractivity contribution is -0.268. The number of nitrogens with one attached hydrogen (secondary N) is 2. The molecular weight excluding hydrogens is 777 g/mol. The molecule has 1 fully saturated rings. The van der Waals surface area contributed by atoms with E-state index in [9.17, 15) is 23.4 Å². The Morgan fingerprint density at radius 1 is 0.845 bits per heavy atom. The number of hydrogen-bond acceptors (Lipinski definition) is 11. The number of phenolic OH excluding ortho intramolecular Hbond substituents is 1. The highest BCUT2D eigenvalue weighted by molar-refractivity contribution is 7.99. The molecule has 0 aliphatic carbocycles. The number of aromatic nitrogens is 4. The third-order valence-corrected chi connectivity index (χ3v) is 12.5. The van der Waals surface area contributed by atoms with E-state index in [4.69, 9.17) is 9.47 Å². The number of tetrazole rings is 1. The molecule has 1 amide bonds. The number of hydrogen-bond donors (Lipinski definition) is 4. The lowest BCUT2D eigenvalue weighted by atomic mass is 9.91. The lowest BCUT2D eigenvalue weighted by Crippen LogP contribution is -2.47. The van der Waals surface area contributed by atoms with E-state index in [0.29, 0.717) is 16.6 Å². The SMILES string of the molecule is Cc1ccc(S(=O)(=O)N[C@H](Cc2ccccc2)C(=O)NCc2ccc([C@H]3O[C@@H](CSc4nnnn4-c4ccc(O)cc4)[C@@H](C)[C@@H](c4ccc(CO)cc4)O3)cc2)cc1. The van der Waals surface area contributed by atoms with Crippen molar-refractivity contribution in [2.75, 3.05) is 5.75 Å². The summed E-state index contributed by atoms with van der Waals surface area (Å²) in [5.74, 6) is 0.114. The fourth-order valence-corrected chi connectivity index (χ4v) is 8.86. The van der Waals surface area contributed by atoms with Crippen LogP contribution in [0.25, 0.3) is 5.69 Å². The molecule has 1 aromatic heterocycles. The molecule has 15 heteroatoms. The summed E-state index contributed by atoms with van der Waals surface area (Å²) < 4.78 is 44.2. The molecular formula is C43H44N6O7S2. The average Bonchev–Trinajstić information content (AvgIpc) is 3.72. The number of carbonyl (C=O) groups is 1. The van der Waals surface area contributed by atoms with Gasteiger partial charge in [-0.1, -0.05) is 115 Å². The minimum atomic E-state index is -3.98. The van der Waals surface area contributed by atoms with Crippen molar-refractivity contribution in [3.8, 4) is 11.4 Å².